The molecule has 0 saturated carbocycles. The lowest BCUT2D eigenvalue weighted by Crippen LogP contribution is -2.33. The summed E-state index contributed by atoms with van der Waals surface area (Å²) in [5.41, 5.74) is 0.451. The van der Waals surface area contributed by atoms with Crippen LogP contribution in [-0.4, -0.2) is 48.9 Å². The number of hydrogen-bond donors (Lipinski definition) is 0. The van der Waals surface area contributed by atoms with E-state index in [-0.39, 0.29) is 6.61 Å². The van der Waals surface area contributed by atoms with E-state index in [1.165, 1.54) is 6.92 Å². The van der Waals surface area contributed by atoms with Crippen LogP contribution < -0.4 is 0 Å². The van der Waals surface area contributed by atoms with Gasteiger partial charge in [0.1, 0.15) is 18.8 Å². The van der Waals surface area contributed by atoms with Crippen molar-refractivity contribution < 1.29 is 33.3 Å². The van der Waals surface area contributed by atoms with Gasteiger partial charge in [0.25, 0.3) is 0 Å². The molecule has 2 aliphatic rings. The van der Waals surface area contributed by atoms with E-state index in [0.29, 0.717) is 5.56 Å². The summed E-state index contributed by atoms with van der Waals surface area (Å²) in [6, 6.07) is 8.66. The molecule has 0 aliphatic carbocycles. The summed E-state index contributed by atoms with van der Waals surface area (Å²) in [6.45, 7) is 4.81. The first-order valence-corrected chi connectivity index (χ1v) is 7.76. The predicted molar refractivity (Wildman–Crippen MR) is 81.0 cm³/mol. The summed E-state index contributed by atoms with van der Waals surface area (Å²) < 4.78 is 27.6. The maximum absolute atomic E-state index is 12.0. The molecule has 3 rings (SSSR count). The predicted octanol–water partition coefficient (Wildman–Crippen LogP) is 1.65. The van der Waals surface area contributed by atoms with Crippen LogP contribution in [0.5, 0.6) is 0 Å². The quantitative estimate of drug-likeness (QED) is 0.773. The minimum Gasteiger partial charge on any atom is -0.459 e. The monoisotopic (exact) mass is 336 g/mol. The minimum absolute atomic E-state index is 0.0217. The lowest BCUT2D eigenvalue weighted by Gasteiger charge is -2.23. The van der Waals surface area contributed by atoms with E-state index in [1.807, 2.05) is 6.07 Å². The normalized spacial score (nSPS) is 30.6. The standard InChI is InChI=1S/C17H20O7/c1-10(18)21-16-14-13(23-17(2,3)24-14)12(22-16)9-20-15(19)11-7-5-4-6-8-11/h4-8,12-14,16H,9H2,1-3H3/t12-,13-,14-,16?/m1/s1. The summed E-state index contributed by atoms with van der Waals surface area (Å²) in [5, 5.41) is 0. The Kier molecular flexibility index (Phi) is 4.58. The molecule has 1 aromatic carbocycles. The highest BCUT2D eigenvalue weighted by Gasteiger charge is 2.57. The van der Waals surface area contributed by atoms with Gasteiger partial charge >= 0.3 is 11.9 Å². The van der Waals surface area contributed by atoms with Crippen LogP contribution >= 0.6 is 0 Å². The van der Waals surface area contributed by atoms with Crippen LogP contribution in [0.2, 0.25) is 0 Å². The highest BCUT2D eigenvalue weighted by molar-refractivity contribution is 5.89. The lowest BCUT2D eigenvalue weighted by molar-refractivity contribution is -0.233. The zero-order chi connectivity index (χ0) is 17.3. The Morgan fingerprint density at radius 3 is 2.46 bits per heavy atom. The second-order valence-corrected chi connectivity index (χ2v) is 6.18. The molecule has 0 N–H and O–H groups in total. The van der Waals surface area contributed by atoms with E-state index in [2.05, 4.69) is 0 Å². The fourth-order valence-electron chi connectivity index (χ4n) is 2.85. The fraction of sp³-hybridized carbons (Fsp3) is 0.529. The largest absolute Gasteiger partial charge is 0.459 e. The maximum Gasteiger partial charge on any atom is 0.338 e. The molecule has 1 unspecified atom stereocenters. The van der Waals surface area contributed by atoms with Crippen molar-refractivity contribution in [3.8, 4) is 0 Å². The average molecular weight is 336 g/mol. The summed E-state index contributed by atoms with van der Waals surface area (Å²) >= 11 is 0. The van der Waals surface area contributed by atoms with Crippen molar-refractivity contribution in [1.82, 2.24) is 0 Å². The van der Waals surface area contributed by atoms with Crippen molar-refractivity contribution in [2.75, 3.05) is 6.61 Å². The zero-order valence-corrected chi connectivity index (χ0v) is 13.8. The van der Waals surface area contributed by atoms with Crippen LogP contribution in [0.4, 0.5) is 0 Å². The molecular formula is C17H20O7. The maximum atomic E-state index is 12.0. The molecule has 0 amide bonds. The molecule has 130 valence electrons. The van der Waals surface area contributed by atoms with E-state index in [1.54, 1.807) is 38.1 Å². The Bertz CT molecular complexity index is 613. The molecule has 2 heterocycles. The number of rotatable bonds is 4. The average Bonchev–Trinajstić information content (AvgIpc) is 3.00. The fourth-order valence-corrected chi connectivity index (χ4v) is 2.85. The van der Waals surface area contributed by atoms with Gasteiger partial charge in [-0.1, -0.05) is 18.2 Å². The molecule has 2 aliphatic heterocycles. The van der Waals surface area contributed by atoms with Gasteiger partial charge in [-0.2, -0.15) is 0 Å². The highest BCUT2D eigenvalue weighted by Crippen LogP contribution is 2.39. The van der Waals surface area contributed by atoms with E-state index < -0.39 is 42.3 Å². The Hall–Kier alpha value is -1.96. The van der Waals surface area contributed by atoms with E-state index in [4.69, 9.17) is 23.7 Å². The molecule has 0 spiro atoms. The van der Waals surface area contributed by atoms with Crippen molar-refractivity contribution in [2.24, 2.45) is 0 Å². The molecule has 4 atom stereocenters. The Morgan fingerprint density at radius 2 is 1.79 bits per heavy atom. The molecule has 2 fully saturated rings. The van der Waals surface area contributed by atoms with E-state index in [0.717, 1.165) is 0 Å². The Labute approximate surface area is 139 Å². The molecule has 0 bridgehead atoms. The SMILES string of the molecule is CC(=O)OC1O[C@H](COC(=O)c2ccccc2)[C@H]2OC(C)(C)O[C@@H]12. The van der Waals surface area contributed by atoms with Crippen LogP contribution in [0.1, 0.15) is 31.1 Å². The molecule has 24 heavy (non-hydrogen) atoms. The number of fused-ring (bicyclic) bond motifs is 1. The third-order valence-electron chi connectivity index (χ3n) is 3.78. The first-order valence-electron chi connectivity index (χ1n) is 7.76. The Morgan fingerprint density at radius 1 is 1.12 bits per heavy atom. The molecular weight excluding hydrogens is 316 g/mol. The number of benzene rings is 1. The second kappa shape index (κ2) is 6.51. The van der Waals surface area contributed by atoms with Gasteiger partial charge in [-0.25, -0.2) is 4.79 Å². The van der Waals surface area contributed by atoms with Gasteiger partial charge in [-0.05, 0) is 26.0 Å². The molecule has 7 nitrogen and oxygen atoms in total. The van der Waals surface area contributed by atoms with Crippen molar-refractivity contribution in [3.05, 3.63) is 35.9 Å². The van der Waals surface area contributed by atoms with Crippen LogP contribution in [0.25, 0.3) is 0 Å². The summed E-state index contributed by atoms with van der Waals surface area (Å²) in [6.07, 6.45) is -2.49. The number of carbonyl (C=O) groups excluding carboxylic acids is 2. The van der Waals surface area contributed by atoms with Crippen LogP contribution in [0.15, 0.2) is 30.3 Å². The van der Waals surface area contributed by atoms with Crippen molar-refractivity contribution in [3.63, 3.8) is 0 Å². The first kappa shape index (κ1) is 16.9. The van der Waals surface area contributed by atoms with Crippen molar-refractivity contribution in [2.45, 2.75) is 51.2 Å². The van der Waals surface area contributed by atoms with Gasteiger partial charge in [-0.3, -0.25) is 4.79 Å². The Balaban J connectivity index is 1.64. The van der Waals surface area contributed by atoms with E-state index >= 15 is 0 Å². The number of carbonyl (C=O) groups is 2. The molecule has 7 heteroatoms. The highest BCUT2D eigenvalue weighted by atomic mass is 16.8. The van der Waals surface area contributed by atoms with E-state index in [9.17, 15) is 9.59 Å². The lowest BCUT2D eigenvalue weighted by atomic mass is 10.1. The molecule has 0 aromatic heterocycles. The van der Waals surface area contributed by atoms with Gasteiger partial charge in [-0.15, -0.1) is 0 Å². The van der Waals surface area contributed by atoms with Gasteiger partial charge in [0.05, 0.1) is 5.56 Å². The third kappa shape index (κ3) is 3.58. The van der Waals surface area contributed by atoms with Crippen LogP contribution in [0.3, 0.4) is 0 Å². The first-order chi connectivity index (χ1) is 11.4. The minimum atomic E-state index is -0.880. The topological polar surface area (TPSA) is 80.3 Å². The van der Waals surface area contributed by atoms with Gasteiger partial charge < -0.3 is 23.7 Å². The number of esters is 2. The number of hydrogen-bond acceptors (Lipinski definition) is 7. The second-order valence-electron chi connectivity index (χ2n) is 6.18. The van der Waals surface area contributed by atoms with Crippen LogP contribution in [0, 0.1) is 0 Å². The molecule has 1 aromatic rings. The summed E-state index contributed by atoms with van der Waals surface area (Å²) in [5.74, 6) is -1.75. The van der Waals surface area contributed by atoms with Crippen LogP contribution in [-0.2, 0) is 28.5 Å². The third-order valence-corrected chi connectivity index (χ3v) is 3.78. The van der Waals surface area contributed by atoms with Gasteiger partial charge in [0.2, 0.25) is 6.29 Å². The van der Waals surface area contributed by atoms with Gasteiger partial charge in [0.15, 0.2) is 11.9 Å². The van der Waals surface area contributed by atoms with Crippen molar-refractivity contribution in [1.29, 1.82) is 0 Å². The van der Waals surface area contributed by atoms with Gasteiger partial charge in [0, 0.05) is 6.92 Å². The number of ether oxygens (including phenoxy) is 5. The molecule has 2 saturated heterocycles. The molecule has 0 radical (unpaired) electrons. The summed E-state index contributed by atoms with van der Waals surface area (Å²) in [4.78, 5) is 23.3. The van der Waals surface area contributed by atoms with Crippen molar-refractivity contribution >= 4 is 11.9 Å². The summed E-state index contributed by atoms with van der Waals surface area (Å²) in [7, 11) is 0. The zero-order valence-electron chi connectivity index (χ0n) is 13.8. The smallest absolute Gasteiger partial charge is 0.338 e.